The molecule has 1 N–H and O–H groups in total. The van der Waals surface area contributed by atoms with E-state index in [9.17, 15) is 14.7 Å². The van der Waals surface area contributed by atoms with Crippen molar-refractivity contribution in [2.45, 2.75) is 31.9 Å². The fourth-order valence-electron chi connectivity index (χ4n) is 2.81. The molecular formula is C15H17NO4. The molecule has 5 nitrogen and oxygen atoms in total. The first-order chi connectivity index (χ1) is 9.60. The number of carboxylic acid groups (broad SMARTS) is 1. The molecule has 0 aromatic heterocycles. The smallest absolute Gasteiger partial charge is 0.410 e. The molecule has 0 unspecified atom stereocenters. The van der Waals surface area contributed by atoms with E-state index in [-0.39, 0.29) is 12.0 Å². The molecule has 3 rings (SSSR count). The first-order valence-electron chi connectivity index (χ1n) is 6.80. The molecule has 1 aliphatic carbocycles. The summed E-state index contributed by atoms with van der Waals surface area (Å²) in [5.74, 6) is -0.939. The Morgan fingerprint density at radius 2 is 2.00 bits per heavy atom. The molecule has 1 aromatic carbocycles. The van der Waals surface area contributed by atoms with Crippen LogP contribution in [0.3, 0.4) is 0 Å². The van der Waals surface area contributed by atoms with Gasteiger partial charge in [0, 0.05) is 6.54 Å². The lowest BCUT2D eigenvalue weighted by Crippen LogP contribution is -2.40. The molecule has 5 heteroatoms. The van der Waals surface area contributed by atoms with Crippen LogP contribution >= 0.6 is 0 Å². The SMILES string of the molecule is O=C(O)[C@@H]1CC2(CC2)CN1C(=O)OCc1ccccc1. The number of carbonyl (C=O) groups is 2. The van der Waals surface area contributed by atoms with E-state index in [4.69, 9.17) is 4.74 Å². The van der Waals surface area contributed by atoms with Gasteiger partial charge >= 0.3 is 12.1 Å². The van der Waals surface area contributed by atoms with Crippen molar-refractivity contribution in [3.8, 4) is 0 Å². The van der Waals surface area contributed by atoms with Crippen LogP contribution in [0.1, 0.15) is 24.8 Å². The van der Waals surface area contributed by atoms with Crippen LogP contribution in [0.15, 0.2) is 30.3 Å². The monoisotopic (exact) mass is 275 g/mol. The average molecular weight is 275 g/mol. The molecule has 0 radical (unpaired) electrons. The summed E-state index contributed by atoms with van der Waals surface area (Å²) in [6.45, 7) is 0.688. The lowest BCUT2D eigenvalue weighted by molar-refractivity contribution is -0.141. The van der Waals surface area contributed by atoms with Crippen LogP contribution in [0.25, 0.3) is 0 Å². The van der Waals surface area contributed by atoms with Gasteiger partial charge in [0.2, 0.25) is 0 Å². The normalized spacial score (nSPS) is 22.8. The van der Waals surface area contributed by atoms with Crippen LogP contribution in [0.5, 0.6) is 0 Å². The van der Waals surface area contributed by atoms with Gasteiger partial charge in [-0.1, -0.05) is 30.3 Å². The lowest BCUT2D eigenvalue weighted by atomic mass is 10.0. The molecule has 1 saturated carbocycles. The van der Waals surface area contributed by atoms with E-state index in [1.165, 1.54) is 4.90 Å². The van der Waals surface area contributed by atoms with E-state index >= 15 is 0 Å². The molecule has 1 atom stereocenters. The Kier molecular flexibility index (Phi) is 3.12. The summed E-state index contributed by atoms with van der Waals surface area (Å²) in [4.78, 5) is 24.7. The molecule has 2 aliphatic rings. The minimum absolute atomic E-state index is 0.0504. The molecular weight excluding hydrogens is 258 g/mol. The zero-order chi connectivity index (χ0) is 14.2. The van der Waals surface area contributed by atoms with Crippen molar-refractivity contribution in [3.05, 3.63) is 35.9 Å². The van der Waals surface area contributed by atoms with Gasteiger partial charge in [0.15, 0.2) is 0 Å². The fraction of sp³-hybridized carbons (Fsp3) is 0.467. The highest BCUT2D eigenvalue weighted by atomic mass is 16.6. The topological polar surface area (TPSA) is 66.8 Å². The second kappa shape index (κ2) is 4.81. The van der Waals surface area contributed by atoms with Crippen molar-refractivity contribution in [3.63, 3.8) is 0 Å². The lowest BCUT2D eigenvalue weighted by Gasteiger charge is -2.20. The number of carbonyl (C=O) groups excluding carboxylic acids is 1. The van der Waals surface area contributed by atoms with Crippen molar-refractivity contribution in [1.82, 2.24) is 4.90 Å². The largest absolute Gasteiger partial charge is 0.480 e. The Hall–Kier alpha value is -2.04. The third-order valence-corrected chi connectivity index (χ3v) is 4.19. The van der Waals surface area contributed by atoms with Crippen LogP contribution in [0.2, 0.25) is 0 Å². The van der Waals surface area contributed by atoms with Gasteiger partial charge in [0.1, 0.15) is 12.6 Å². The van der Waals surface area contributed by atoms with Crippen LogP contribution in [-0.4, -0.2) is 34.7 Å². The van der Waals surface area contributed by atoms with E-state index in [0.29, 0.717) is 13.0 Å². The molecule has 0 bridgehead atoms. The minimum atomic E-state index is -0.939. The second-order valence-corrected chi connectivity index (χ2v) is 5.73. The summed E-state index contributed by atoms with van der Waals surface area (Å²) in [5, 5.41) is 9.23. The molecule has 106 valence electrons. The highest BCUT2D eigenvalue weighted by Crippen LogP contribution is 2.54. The third-order valence-electron chi connectivity index (χ3n) is 4.19. The fourth-order valence-corrected chi connectivity index (χ4v) is 2.81. The van der Waals surface area contributed by atoms with Crippen molar-refractivity contribution in [2.75, 3.05) is 6.54 Å². The van der Waals surface area contributed by atoms with E-state index in [2.05, 4.69) is 0 Å². The highest BCUT2D eigenvalue weighted by molar-refractivity contribution is 5.81. The number of likely N-dealkylation sites (tertiary alicyclic amines) is 1. The van der Waals surface area contributed by atoms with Crippen molar-refractivity contribution < 1.29 is 19.4 Å². The molecule has 1 aliphatic heterocycles. The van der Waals surface area contributed by atoms with Crippen molar-refractivity contribution in [1.29, 1.82) is 0 Å². The van der Waals surface area contributed by atoms with Crippen LogP contribution in [0, 0.1) is 5.41 Å². The van der Waals surface area contributed by atoms with Gasteiger partial charge in [0.05, 0.1) is 0 Å². The molecule has 1 saturated heterocycles. The number of benzene rings is 1. The first kappa shape index (κ1) is 13.0. The van der Waals surface area contributed by atoms with E-state index in [0.717, 1.165) is 18.4 Å². The summed E-state index contributed by atoms with van der Waals surface area (Å²) >= 11 is 0. The molecule has 1 heterocycles. The highest BCUT2D eigenvalue weighted by Gasteiger charge is 2.55. The summed E-state index contributed by atoms with van der Waals surface area (Å²) in [5.41, 5.74) is 0.947. The maximum Gasteiger partial charge on any atom is 0.410 e. The maximum absolute atomic E-state index is 12.1. The van der Waals surface area contributed by atoms with E-state index < -0.39 is 18.1 Å². The zero-order valence-electron chi connectivity index (χ0n) is 11.1. The van der Waals surface area contributed by atoms with Crippen molar-refractivity contribution >= 4 is 12.1 Å². The molecule has 1 amide bonds. The van der Waals surface area contributed by atoms with Gasteiger partial charge in [-0.25, -0.2) is 9.59 Å². The number of hydrogen-bond acceptors (Lipinski definition) is 3. The Morgan fingerprint density at radius 1 is 1.30 bits per heavy atom. The molecule has 1 aromatic rings. The Balaban J connectivity index is 1.62. The second-order valence-electron chi connectivity index (χ2n) is 5.73. The van der Waals surface area contributed by atoms with E-state index in [1.54, 1.807) is 0 Å². The van der Waals surface area contributed by atoms with Crippen LogP contribution in [-0.2, 0) is 16.1 Å². The van der Waals surface area contributed by atoms with Crippen LogP contribution in [0.4, 0.5) is 4.79 Å². The van der Waals surface area contributed by atoms with E-state index in [1.807, 2.05) is 30.3 Å². The predicted molar refractivity (Wildman–Crippen MR) is 71.0 cm³/mol. The number of carboxylic acids is 1. The molecule has 1 spiro atoms. The Bertz CT molecular complexity index is 524. The summed E-state index contributed by atoms with van der Waals surface area (Å²) in [7, 11) is 0. The standard InChI is InChI=1S/C15H17NO4/c17-13(18)12-8-15(6-7-15)10-16(12)14(19)20-9-11-4-2-1-3-5-11/h1-5,12H,6-10H2,(H,17,18)/t12-/m0/s1. The van der Waals surface area contributed by atoms with Crippen LogP contribution < -0.4 is 0 Å². The van der Waals surface area contributed by atoms with Gasteiger partial charge in [-0.2, -0.15) is 0 Å². The quantitative estimate of drug-likeness (QED) is 0.918. The number of nitrogens with zero attached hydrogens (tertiary/aromatic N) is 1. The zero-order valence-corrected chi connectivity index (χ0v) is 11.1. The molecule has 2 fully saturated rings. The maximum atomic E-state index is 12.1. The number of ether oxygens (including phenoxy) is 1. The summed E-state index contributed by atoms with van der Waals surface area (Å²) in [6.07, 6.45) is 2.06. The number of aliphatic carboxylic acids is 1. The van der Waals surface area contributed by atoms with Gasteiger partial charge in [0.25, 0.3) is 0 Å². The summed E-state index contributed by atoms with van der Waals surface area (Å²) < 4.78 is 5.24. The Labute approximate surface area is 117 Å². The van der Waals surface area contributed by atoms with Gasteiger partial charge in [-0.05, 0) is 30.2 Å². The first-order valence-corrected chi connectivity index (χ1v) is 6.80. The van der Waals surface area contributed by atoms with Gasteiger partial charge in [-0.3, -0.25) is 4.90 Å². The minimum Gasteiger partial charge on any atom is -0.480 e. The predicted octanol–water partition coefficient (Wildman–Crippen LogP) is 2.26. The third kappa shape index (κ3) is 2.48. The summed E-state index contributed by atoms with van der Waals surface area (Å²) in [6, 6.07) is 8.64. The van der Waals surface area contributed by atoms with Crippen molar-refractivity contribution in [2.24, 2.45) is 5.41 Å². The number of rotatable bonds is 3. The number of hydrogen-bond donors (Lipinski definition) is 1. The van der Waals surface area contributed by atoms with Gasteiger partial charge < -0.3 is 9.84 Å². The average Bonchev–Trinajstić information content (AvgIpc) is 3.08. The Morgan fingerprint density at radius 3 is 2.60 bits per heavy atom. The molecule has 20 heavy (non-hydrogen) atoms. The number of amides is 1. The van der Waals surface area contributed by atoms with Gasteiger partial charge in [-0.15, -0.1) is 0 Å².